The normalized spacial score (nSPS) is 11.9. The summed E-state index contributed by atoms with van der Waals surface area (Å²) in [6.45, 7) is 0.871. The average Bonchev–Trinajstić information content (AvgIpc) is 3.15. The van der Waals surface area contributed by atoms with E-state index in [1.165, 1.54) is 0 Å². The van der Waals surface area contributed by atoms with Gasteiger partial charge in [0.25, 0.3) is 0 Å². The third kappa shape index (κ3) is 5.75. The van der Waals surface area contributed by atoms with Crippen LogP contribution in [-0.2, 0) is 24.3 Å². The molecular formula is C25H24BrN3O3. The van der Waals surface area contributed by atoms with Gasteiger partial charge in [0, 0.05) is 11.0 Å². The molecule has 0 aliphatic carbocycles. The van der Waals surface area contributed by atoms with E-state index in [9.17, 15) is 9.90 Å². The number of ether oxygens (including phenoxy) is 1. The van der Waals surface area contributed by atoms with Gasteiger partial charge >= 0.3 is 0 Å². The summed E-state index contributed by atoms with van der Waals surface area (Å²) in [5.74, 6) is 1.17. The van der Waals surface area contributed by atoms with Crippen LogP contribution in [0.4, 0.5) is 0 Å². The fraction of sp³-hybridized carbons (Fsp3) is 0.200. The number of amides is 1. The predicted octanol–water partition coefficient (Wildman–Crippen LogP) is 4.10. The molecule has 0 saturated heterocycles. The Labute approximate surface area is 195 Å². The van der Waals surface area contributed by atoms with Gasteiger partial charge in [-0.25, -0.2) is 4.98 Å². The van der Waals surface area contributed by atoms with E-state index in [-0.39, 0.29) is 25.5 Å². The smallest absolute Gasteiger partial charge is 0.227 e. The van der Waals surface area contributed by atoms with Gasteiger partial charge in [-0.3, -0.25) is 4.79 Å². The van der Waals surface area contributed by atoms with Crippen molar-refractivity contribution in [2.24, 2.45) is 0 Å². The van der Waals surface area contributed by atoms with Crippen LogP contribution >= 0.6 is 15.9 Å². The van der Waals surface area contributed by atoms with Crippen LogP contribution in [0.2, 0.25) is 0 Å². The number of aliphatic hydroxyl groups is 1. The summed E-state index contributed by atoms with van der Waals surface area (Å²) in [7, 11) is 0. The molecule has 3 aromatic carbocycles. The topological polar surface area (TPSA) is 76.4 Å². The highest BCUT2D eigenvalue weighted by atomic mass is 79.9. The van der Waals surface area contributed by atoms with Crippen LogP contribution < -0.4 is 10.1 Å². The standard InChI is InChI=1S/C25H24BrN3O3/c26-19-10-12-21(13-11-19)32-17-20(30)16-29-23-9-5-4-8-22(23)28-24(29)14-25(31)27-15-18-6-2-1-3-7-18/h1-13,20,30H,14-17H2,(H,27,31). The van der Waals surface area contributed by atoms with Crippen molar-refractivity contribution < 1.29 is 14.6 Å². The highest BCUT2D eigenvalue weighted by molar-refractivity contribution is 9.10. The highest BCUT2D eigenvalue weighted by Crippen LogP contribution is 2.19. The number of benzene rings is 3. The van der Waals surface area contributed by atoms with Crippen molar-refractivity contribution in [2.75, 3.05) is 6.61 Å². The number of rotatable bonds is 9. The number of hydrogen-bond acceptors (Lipinski definition) is 4. The number of aliphatic hydroxyl groups excluding tert-OH is 1. The Bertz CT molecular complexity index is 1180. The van der Waals surface area contributed by atoms with Crippen LogP contribution in [0.5, 0.6) is 5.75 Å². The lowest BCUT2D eigenvalue weighted by Crippen LogP contribution is -2.28. The van der Waals surface area contributed by atoms with E-state index < -0.39 is 6.10 Å². The van der Waals surface area contributed by atoms with Gasteiger partial charge in [0.05, 0.1) is 24.0 Å². The maximum Gasteiger partial charge on any atom is 0.227 e. The van der Waals surface area contributed by atoms with Gasteiger partial charge < -0.3 is 19.7 Å². The van der Waals surface area contributed by atoms with Crippen molar-refractivity contribution in [3.63, 3.8) is 0 Å². The van der Waals surface area contributed by atoms with Crippen molar-refractivity contribution >= 4 is 32.9 Å². The number of carbonyl (C=O) groups is 1. The van der Waals surface area contributed by atoms with E-state index in [0.717, 1.165) is 21.1 Å². The quantitative estimate of drug-likeness (QED) is 0.368. The molecule has 0 radical (unpaired) electrons. The molecule has 1 unspecified atom stereocenters. The van der Waals surface area contributed by atoms with Crippen LogP contribution in [-0.4, -0.2) is 33.3 Å². The second-order valence-corrected chi connectivity index (χ2v) is 8.40. The largest absolute Gasteiger partial charge is 0.491 e. The summed E-state index contributed by atoms with van der Waals surface area (Å²) < 4.78 is 8.57. The fourth-order valence-electron chi connectivity index (χ4n) is 3.45. The Hall–Kier alpha value is -3.16. The summed E-state index contributed by atoms with van der Waals surface area (Å²) in [5.41, 5.74) is 2.70. The maximum absolute atomic E-state index is 12.6. The highest BCUT2D eigenvalue weighted by Gasteiger charge is 2.17. The number of aromatic nitrogens is 2. The van der Waals surface area contributed by atoms with E-state index in [1.807, 2.05) is 83.4 Å². The van der Waals surface area contributed by atoms with E-state index >= 15 is 0 Å². The summed E-state index contributed by atoms with van der Waals surface area (Å²) in [6, 6.07) is 24.9. The minimum Gasteiger partial charge on any atom is -0.491 e. The number of hydrogen-bond donors (Lipinski definition) is 2. The summed E-state index contributed by atoms with van der Waals surface area (Å²) in [5, 5.41) is 13.6. The minimum atomic E-state index is -0.762. The first-order chi connectivity index (χ1) is 15.6. The average molecular weight is 494 g/mol. The molecule has 32 heavy (non-hydrogen) atoms. The van der Waals surface area contributed by atoms with Gasteiger partial charge in [0.15, 0.2) is 0 Å². The predicted molar refractivity (Wildman–Crippen MR) is 127 cm³/mol. The molecule has 1 heterocycles. The van der Waals surface area contributed by atoms with Crippen LogP contribution in [0.1, 0.15) is 11.4 Å². The summed E-state index contributed by atoms with van der Waals surface area (Å²) in [6.07, 6.45) is -0.635. The number of para-hydroxylation sites is 2. The molecule has 2 N–H and O–H groups in total. The van der Waals surface area contributed by atoms with Gasteiger partial charge in [-0.05, 0) is 42.0 Å². The zero-order valence-corrected chi connectivity index (χ0v) is 19.0. The Morgan fingerprint density at radius 1 is 1.03 bits per heavy atom. The second kappa shape index (κ2) is 10.4. The molecule has 0 saturated carbocycles. The molecule has 164 valence electrons. The molecule has 1 amide bonds. The second-order valence-electron chi connectivity index (χ2n) is 7.49. The van der Waals surface area contributed by atoms with Gasteiger partial charge in [-0.2, -0.15) is 0 Å². The van der Waals surface area contributed by atoms with E-state index in [4.69, 9.17) is 4.74 Å². The summed E-state index contributed by atoms with van der Waals surface area (Å²) >= 11 is 3.39. The zero-order valence-electron chi connectivity index (χ0n) is 17.4. The SMILES string of the molecule is O=C(Cc1nc2ccccc2n1CC(O)COc1ccc(Br)cc1)NCc1ccccc1. The molecule has 1 aromatic heterocycles. The molecule has 6 nitrogen and oxygen atoms in total. The zero-order chi connectivity index (χ0) is 22.3. The Morgan fingerprint density at radius 3 is 2.53 bits per heavy atom. The number of carbonyl (C=O) groups excluding carboxylic acids is 1. The van der Waals surface area contributed by atoms with Crippen molar-refractivity contribution in [1.82, 2.24) is 14.9 Å². The van der Waals surface area contributed by atoms with Crippen molar-refractivity contribution in [1.29, 1.82) is 0 Å². The molecule has 0 spiro atoms. The van der Waals surface area contributed by atoms with Gasteiger partial charge in [-0.1, -0.05) is 58.4 Å². The lowest BCUT2D eigenvalue weighted by molar-refractivity contribution is -0.120. The number of fused-ring (bicyclic) bond motifs is 1. The number of imidazole rings is 1. The molecular weight excluding hydrogens is 470 g/mol. The summed E-state index contributed by atoms with van der Waals surface area (Å²) in [4.78, 5) is 17.2. The molecule has 0 bridgehead atoms. The number of nitrogens with zero attached hydrogens (tertiary/aromatic N) is 2. The first-order valence-corrected chi connectivity index (χ1v) is 11.2. The lowest BCUT2D eigenvalue weighted by atomic mass is 10.2. The molecule has 7 heteroatoms. The monoisotopic (exact) mass is 493 g/mol. The van der Waals surface area contributed by atoms with Crippen LogP contribution in [0, 0.1) is 0 Å². The Kier molecular flexibility index (Phi) is 7.19. The molecule has 4 aromatic rings. The van der Waals surface area contributed by atoms with E-state index in [1.54, 1.807) is 0 Å². The van der Waals surface area contributed by atoms with Gasteiger partial charge in [0.1, 0.15) is 24.3 Å². The Morgan fingerprint density at radius 2 is 1.75 bits per heavy atom. The first-order valence-electron chi connectivity index (χ1n) is 10.4. The first kappa shape index (κ1) is 22.0. The fourth-order valence-corrected chi connectivity index (χ4v) is 3.72. The van der Waals surface area contributed by atoms with Crippen LogP contribution in [0.25, 0.3) is 11.0 Å². The van der Waals surface area contributed by atoms with Gasteiger partial charge in [0.2, 0.25) is 5.91 Å². The van der Waals surface area contributed by atoms with Crippen LogP contribution in [0.3, 0.4) is 0 Å². The minimum absolute atomic E-state index is 0.119. The van der Waals surface area contributed by atoms with Crippen molar-refractivity contribution in [2.45, 2.75) is 25.6 Å². The van der Waals surface area contributed by atoms with Crippen molar-refractivity contribution in [3.8, 4) is 5.75 Å². The third-order valence-electron chi connectivity index (χ3n) is 5.03. The molecule has 0 aliphatic rings. The number of nitrogens with one attached hydrogen (secondary N) is 1. The molecule has 1 atom stereocenters. The third-order valence-corrected chi connectivity index (χ3v) is 5.56. The molecule has 4 rings (SSSR count). The maximum atomic E-state index is 12.6. The molecule has 0 fully saturated rings. The Balaban J connectivity index is 1.43. The van der Waals surface area contributed by atoms with E-state index in [2.05, 4.69) is 26.2 Å². The lowest BCUT2D eigenvalue weighted by Gasteiger charge is -2.16. The van der Waals surface area contributed by atoms with E-state index in [0.29, 0.717) is 18.1 Å². The van der Waals surface area contributed by atoms with Gasteiger partial charge in [-0.15, -0.1) is 0 Å². The molecule has 0 aliphatic heterocycles. The van der Waals surface area contributed by atoms with Crippen molar-refractivity contribution in [3.05, 3.63) is 94.7 Å². The number of halogens is 1. The van der Waals surface area contributed by atoms with Crippen LogP contribution in [0.15, 0.2) is 83.3 Å².